The minimum Gasteiger partial charge on any atom is -0.506 e. The first-order valence-corrected chi connectivity index (χ1v) is 12.8. The molecule has 0 radical (unpaired) electrons. The number of thiophene rings is 1. The van der Waals surface area contributed by atoms with Gasteiger partial charge in [0.1, 0.15) is 10.8 Å². The van der Waals surface area contributed by atoms with E-state index in [9.17, 15) is 9.90 Å². The maximum atomic E-state index is 13.4. The molecule has 172 valence electrons. The molecule has 0 fully saturated rings. The molecule has 1 atom stereocenters. The van der Waals surface area contributed by atoms with Gasteiger partial charge in [-0.15, -0.1) is 11.3 Å². The van der Waals surface area contributed by atoms with Crippen molar-refractivity contribution in [3.8, 4) is 5.75 Å². The molecule has 4 nitrogen and oxygen atoms in total. The van der Waals surface area contributed by atoms with Crippen molar-refractivity contribution in [3.05, 3.63) is 73.5 Å². The molecule has 1 aromatic heterocycles. The molecule has 33 heavy (non-hydrogen) atoms. The fourth-order valence-electron chi connectivity index (χ4n) is 4.16. The maximum absolute atomic E-state index is 13.4. The van der Waals surface area contributed by atoms with Crippen molar-refractivity contribution >= 4 is 61.7 Å². The van der Waals surface area contributed by atoms with E-state index < -0.39 is 0 Å². The third kappa shape index (κ3) is 5.34. The zero-order chi connectivity index (χ0) is 23.8. The molecule has 1 aliphatic rings. The molecule has 3 aromatic rings. The third-order valence-electron chi connectivity index (χ3n) is 6.11. The molecule has 1 amide bonds. The topological polar surface area (TPSA) is 61.7 Å². The van der Waals surface area contributed by atoms with Gasteiger partial charge in [-0.25, -0.2) is 4.99 Å². The molecular weight excluding hydrogens is 520 g/mol. The van der Waals surface area contributed by atoms with Gasteiger partial charge in [0.25, 0.3) is 5.91 Å². The average molecular weight is 546 g/mol. The fourth-order valence-corrected chi connectivity index (χ4v) is 6.27. The van der Waals surface area contributed by atoms with Crippen molar-refractivity contribution in [2.45, 2.75) is 40.0 Å². The van der Waals surface area contributed by atoms with Gasteiger partial charge in [-0.2, -0.15) is 0 Å². The number of fused-ring (bicyclic) bond motifs is 1. The van der Waals surface area contributed by atoms with Crippen LogP contribution in [-0.2, 0) is 12.8 Å². The lowest BCUT2D eigenvalue weighted by atomic mass is 9.72. The molecule has 1 aliphatic carbocycles. The fraction of sp³-hybridized carbons (Fsp3) is 0.308. The number of anilines is 1. The summed E-state index contributed by atoms with van der Waals surface area (Å²) in [6.45, 7) is 6.83. The summed E-state index contributed by atoms with van der Waals surface area (Å²) >= 11 is 11.0. The van der Waals surface area contributed by atoms with Gasteiger partial charge >= 0.3 is 0 Å². The second-order valence-electron chi connectivity index (χ2n) is 9.39. The highest BCUT2D eigenvalue weighted by atomic mass is 79.9. The molecule has 2 aromatic carbocycles. The Labute approximate surface area is 211 Å². The molecule has 0 spiro atoms. The number of amides is 1. The Balaban J connectivity index is 1.74. The maximum Gasteiger partial charge on any atom is 0.259 e. The standard InChI is InChI=1S/C26H26BrClN2O2S/c1-26(2,3)16-9-10-19-21(12-16)33-25(22(19)24(32)30-18-7-5-4-6-8-18)29-14-15-11-17(28)13-20(27)23(15)31/h4-8,11,13-14,16,31H,9-10,12H2,1-3H3,(H,30,32)/t16-/m1/s1. The zero-order valence-electron chi connectivity index (χ0n) is 18.8. The lowest BCUT2D eigenvalue weighted by Gasteiger charge is -2.33. The summed E-state index contributed by atoms with van der Waals surface area (Å²) in [5.41, 5.74) is 3.16. The van der Waals surface area contributed by atoms with Crippen molar-refractivity contribution < 1.29 is 9.90 Å². The van der Waals surface area contributed by atoms with Gasteiger partial charge in [-0.1, -0.05) is 50.6 Å². The second kappa shape index (κ2) is 9.61. The van der Waals surface area contributed by atoms with Crippen molar-refractivity contribution in [2.24, 2.45) is 16.3 Å². The first kappa shape index (κ1) is 24.0. The van der Waals surface area contributed by atoms with Gasteiger partial charge in [0.15, 0.2) is 0 Å². The van der Waals surface area contributed by atoms with Crippen molar-refractivity contribution in [1.82, 2.24) is 0 Å². The molecule has 4 rings (SSSR count). The smallest absolute Gasteiger partial charge is 0.259 e. The molecule has 0 unspecified atom stereocenters. The number of nitrogens with one attached hydrogen (secondary N) is 1. The number of phenolic OH excluding ortho intramolecular Hbond substituents is 1. The highest BCUT2D eigenvalue weighted by Gasteiger charge is 2.33. The summed E-state index contributed by atoms with van der Waals surface area (Å²) < 4.78 is 0.497. The number of benzene rings is 2. The van der Waals surface area contributed by atoms with Crippen LogP contribution < -0.4 is 5.32 Å². The molecule has 7 heteroatoms. The SMILES string of the molecule is CC(C)(C)[C@@H]1CCc2c(sc(N=Cc3cc(Cl)cc(Br)c3O)c2C(=O)Nc2ccccc2)C1. The van der Waals surface area contributed by atoms with Gasteiger partial charge < -0.3 is 10.4 Å². The van der Waals surface area contributed by atoms with Crippen LogP contribution in [0.3, 0.4) is 0 Å². The van der Waals surface area contributed by atoms with E-state index in [0.29, 0.717) is 31.5 Å². The Morgan fingerprint density at radius 1 is 1.27 bits per heavy atom. The van der Waals surface area contributed by atoms with Crippen molar-refractivity contribution in [1.29, 1.82) is 0 Å². The van der Waals surface area contributed by atoms with E-state index in [0.717, 1.165) is 30.5 Å². The summed E-state index contributed by atoms with van der Waals surface area (Å²) in [6, 6.07) is 12.7. The molecule has 2 N–H and O–H groups in total. The summed E-state index contributed by atoms with van der Waals surface area (Å²) in [5, 5.41) is 14.5. The van der Waals surface area contributed by atoms with Gasteiger partial charge in [-0.05, 0) is 76.4 Å². The highest BCUT2D eigenvalue weighted by molar-refractivity contribution is 9.10. The van der Waals surface area contributed by atoms with Crippen LogP contribution in [0.4, 0.5) is 10.7 Å². The van der Waals surface area contributed by atoms with E-state index >= 15 is 0 Å². The minimum absolute atomic E-state index is 0.0625. The number of hydrogen-bond donors (Lipinski definition) is 2. The molecule has 0 saturated carbocycles. The minimum atomic E-state index is -0.156. The number of carbonyl (C=O) groups excluding carboxylic acids is 1. The van der Waals surface area contributed by atoms with E-state index in [1.165, 1.54) is 4.88 Å². The van der Waals surface area contributed by atoms with Crippen LogP contribution >= 0.6 is 38.9 Å². The Morgan fingerprint density at radius 3 is 2.70 bits per heavy atom. The zero-order valence-corrected chi connectivity index (χ0v) is 21.9. The van der Waals surface area contributed by atoms with E-state index in [-0.39, 0.29) is 17.1 Å². The van der Waals surface area contributed by atoms with Crippen molar-refractivity contribution in [3.63, 3.8) is 0 Å². The number of nitrogens with zero attached hydrogens (tertiary/aromatic N) is 1. The Bertz CT molecular complexity index is 1220. The molecule has 1 heterocycles. The molecule has 0 bridgehead atoms. The van der Waals surface area contributed by atoms with Crippen LogP contribution in [0.25, 0.3) is 0 Å². The van der Waals surface area contributed by atoms with Gasteiger partial charge in [0.2, 0.25) is 0 Å². The normalized spacial score (nSPS) is 16.1. The number of halogens is 2. The predicted molar refractivity (Wildman–Crippen MR) is 142 cm³/mol. The summed E-state index contributed by atoms with van der Waals surface area (Å²) in [6.07, 6.45) is 4.42. The quantitative estimate of drug-likeness (QED) is 0.326. The Kier molecular flexibility index (Phi) is 6.99. The lowest BCUT2D eigenvalue weighted by molar-refractivity contribution is 0.102. The Hall–Kier alpha value is -2.15. The molecule has 0 saturated heterocycles. The van der Waals surface area contributed by atoms with Gasteiger partial charge in [0.05, 0.1) is 10.0 Å². The number of para-hydroxylation sites is 1. The third-order valence-corrected chi connectivity index (χ3v) is 8.09. The lowest BCUT2D eigenvalue weighted by Crippen LogP contribution is -2.27. The number of hydrogen-bond acceptors (Lipinski definition) is 4. The van der Waals surface area contributed by atoms with Crippen LogP contribution in [0.5, 0.6) is 5.75 Å². The average Bonchev–Trinajstić information content (AvgIpc) is 3.13. The summed E-state index contributed by atoms with van der Waals surface area (Å²) in [7, 11) is 0. The molecular formula is C26H26BrClN2O2S. The van der Waals surface area contributed by atoms with E-state index in [1.807, 2.05) is 30.3 Å². The van der Waals surface area contributed by atoms with Crippen LogP contribution in [0.15, 0.2) is 51.9 Å². The largest absolute Gasteiger partial charge is 0.506 e. The number of carbonyl (C=O) groups is 1. The number of phenols is 1. The van der Waals surface area contributed by atoms with Crippen LogP contribution in [0.1, 0.15) is 53.6 Å². The monoisotopic (exact) mass is 544 g/mol. The first-order chi connectivity index (χ1) is 15.6. The molecule has 0 aliphatic heterocycles. The second-order valence-corrected chi connectivity index (χ2v) is 11.8. The Morgan fingerprint density at radius 2 is 2.00 bits per heavy atom. The first-order valence-electron chi connectivity index (χ1n) is 10.9. The van der Waals surface area contributed by atoms with Crippen LogP contribution in [-0.4, -0.2) is 17.2 Å². The van der Waals surface area contributed by atoms with Gasteiger partial charge in [-0.3, -0.25) is 4.79 Å². The predicted octanol–water partition coefficient (Wildman–Crippen LogP) is 8.02. The number of aromatic hydroxyl groups is 1. The number of rotatable bonds is 4. The van der Waals surface area contributed by atoms with Crippen LogP contribution in [0.2, 0.25) is 5.02 Å². The van der Waals surface area contributed by atoms with Crippen LogP contribution in [0, 0.1) is 11.3 Å². The summed E-state index contributed by atoms with van der Waals surface area (Å²) in [4.78, 5) is 19.3. The highest BCUT2D eigenvalue weighted by Crippen LogP contribution is 2.45. The van der Waals surface area contributed by atoms with Crippen molar-refractivity contribution in [2.75, 3.05) is 5.32 Å². The number of aliphatic imine (C=N–C) groups is 1. The van der Waals surface area contributed by atoms with E-state index in [2.05, 4.69) is 47.0 Å². The van der Waals surface area contributed by atoms with E-state index in [1.54, 1.807) is 29.7 Å². The van der Waals surface area contributed by atoms with E-state index in [4.69, 9.17) is 11.6 Å². The summed E-state index contributed by atoms with van der Waals surface area (Å²) in [5.74, 6) is 0.461. The van der Waals surface area contributed by atoms with Gasteiger partial charge in [0, 0.05) is 27.4 Å².